The summed E-state index contributed by atoms with van der Waals surface area (Å²) < 4.78 is 23.5. The van der Waals surface area contributed by atoms with Crippen molar-refractivity contribution in [1.82, 2.24) is 5.32 Å². The van der Waals surface area contributed by atoms with Gasteiger partial charge in [-0.15, -0.1) is 0 Å². The minimum absolute atomic E-state index is 0.112. The fraction of sp³-hybridized carbons (Fsp3) is 0.105. The predicted octanol–water partition coefficient (Wildman–Crippen LogP) is 4.02. The van der Waals surface area contributed by atoms with Crippen LogP contribution in [0.25, 0.3) is 11.1 Å². The number of rotatable bonds is 5. The van der Waals surface area contributed by atoms with E-state index in [1.165, 1.54) is 19.2 Å². The predicted molar refractivity (Wildman–Crippen MR) is 88.3 cm³/mol. The van der Waals surface area contributed by atoms with E-state index in [1.807, 2.05) is 30.3 Å². The van der Waals surface area contributed by atoms with E-state index in [0.717, 1.165) is 22.8 Å². The van der Waals surface area contributed by atoms with E-state index in [-0.39, 0.29) is 17.2 Å². The van der Waals surface area contributed by atoms with Gasteiger partial charge in [0.25, 0.3) is 5.91 Å². The molecular weight excluding hydrogens is 309 g/mol. The van der Waals surface area contributed by atoms with Gasteiger partial charge in [0.2, 0.25) is 0 Å². The zero-order valence-corrected chi connectivity index (χ0v) is 13.1. The molecule has 3 aromatic rings. The Morgan fingerprint density at radius 1 is 1.12 bits per heavy atom. The lowest BCUT2D eigenvalue weighted by atomic mass is 10.1. The third-order valence-corrected chi connectivity index (χ3v) is 3.68. The number of ether oxygens (including phenoxy) is 1. The Hall–Kier alpha value is -3.08. The summed E-state index contributed by atoms with van der Waals surface area (Å²) >= 11 is 0. The van der Waals surface area contributed by atoms with Crippen LogP contribution in [0.15, 0.2) is 65.5 Å². The molecule has 1 heterocycles. The second-order valence-electron chi connectivity index (χ2n) is 5.24. The number of carbonyl (C=O) groups is 1. The Balaban J connectivity index is 1.63. The van der Waals surface area contributed by atoms with Crippen LogP contribution in [-0.2, 0) is 6.54 Å². The van der Waals surface area contributed by atoms with Gasteiger partial charge in [0, 0.05) is 17.7 Å². The van der Waals surface area contributed by atoms with E-state index in [2.05, 4.69) is 5.32 Å². The number of hydrogen-bond acceptors (Lipinski definition) is 3. The molecule has 0 spiro atoms. The first-order chi connectivity index (χ1) is 11.7. The van der Waals surface area contributed by atoms with E-state index in [4.69, 9.17) is 9.15 Å². The lowest BCUT2D eigenvalue weighted by Gasteiger charge is -2.08. The molecule has 24 heavy (non-hydrogen) atoms. The van der Waals surface area contributed by atoms with Crippen LogP contribution in [0, 0.1) is 5.82 Å². The molecule has 0 aliphatic heterocycles. The standard InChI is InChI=1S/C19H16FNO3/c1-23-18-7-6-15(10-17(18)20)19(22)21-11-13-2-4-14(5-3-13)16-8-9-24-12-16/h2-10,12H,11H2,1H3,(H,21,22). The molecule has 122 valence electrons. The molecule has 5 heteroatoms. The van der Waals surface area contributed by atoms with Crippen LogP contribution in [0.3, 0.4) is 0 Å². The van der Waals surface area contributed by atoms with Gasteiger partial charge in [-0.25, -0.2) is 4.39 Å². The molecule has 0 bridgehead atoms. The number of nitrogens with one attached hydrogen (secondary N) is 1. The van der Waals surface area contributed by atoms with Crippen LogP contribution in [0.4, 0.5) is 4.39 Å². The van der Waals surface area contributed by atoms with E-state index >= 15 is 0 Å². The topological polar surface area (TPSA) is 51.5 Å². The highest BCUT2D eigenvalue weighted by Gasteiger charge is 2.10. The van der Waals surface area contributed by atoms with Crippen LogP contribution in [0.5, 0.6) is 5.75 Å². The molecule has 2 aromatic carbocycles. The maximum atomic E-state index is 13.6. The maximum Gasteiger partial charge on any atom is 0.251 e. The minimum Gasteiger partial charge on any atom is -0.494 e. The number of benzene rings is 2. The Labute approximate surface area is 138 Å². The van der Waals surface area contributed by atoms with Crippen LogP contribution < -0.4 is 10.1 Å². The molecule has 0 saturated carbocycles. The number of amides is 1. The Morgan fingerprint density at radius 3 is 2.54 bits per heavy atom. The quantitative estimate of drug-likeness (QED) is 0.771. The van der Waals surface area contributed by atoms with Gasteiger partial charge in [0.1, 0.15) is 0 Å². The molecule has 0 atom stereocenters. The third kappa shape index (κ3) is 3.46. The molecule has 1 N–H and O–H groups in total. The first-order valence-corrected chi connectivity index (χ1v) is 7.40. The molecule has 0 radical (unpaired) electrons. The molecule has 0 saturated heterocycles. The summed E-state index contributed by atoms with van der Waals surface area (Å²) in [4.78, 5) is 12.1. The summed E-state index contributed by atoms with van der Waals surface area (Å²) in [5.74, 6) is -0.786. The Bertz CT molecular complexity index is 826. The van der Waals surface area contributed by atoms with Crippen molar-refractivity contribution in [3.05, 3.63) is 78.0 Å². The van der Waals surface area contributed by atoms with Gasteiger partial charge in [0.15, 0.2) is 11.6 Å². The third-order valence-electron chi connectivity index (χ3n) is 3.68. The van der Waals surface area contributed by atoms with Gasteiger partial charge >= 0.3 is 0 Å². The maximum absolute atomic E-state index is 13.6. The van der Waals surface area contributed by atoms with Crippen molar-refractivity contribution in [2.24, 2.45) is 0 Å². The first-order valence-electron chi connectivity index (χ1n) is 7.40. The largest absolute Gasteiger partial charge is 0.494 e. The fourth-order valence-corrected chi connectivity index (χ4v) is 2.34. The Morgan fingerprint density at radius 2 is 1.92 bits per heavy atom. The molecule has 0 aliphatic rings. The van der Waals surface area contributed by atoms with Gasteiger partial charge in [-0.05, 0) is 35.4 Å². The molecule has 0 aliphatic carbocycles. The Kier molecular flexibility index (Phi) is 4.61. The lowest BCUT2D eigenvalue weighted by Crippen LogP contribution is -2.22. The van der Waals surface area contributed by atoms with E-state index in [0.29, 0.717) is 6.54 Å². The fourth-order valence-electron chi connectivity index (χ4n) is 2.34. The minimum atomic E-state index is -0.561. The molecule has 1 aromatic heterocycles. The van der Waals surface area contributed by atoms with Crippen molar-refractivity contribution in [1.29, 1.82) is 0 Å². The number of furan rings is 1. The SMILES string of the molecule is COc1ccc(C(=O)NCc2ccc(-c3ccoc3)cc2)cc1F. The molecule has 0 unspecified atom stereocenters. The second kappa shape index (κ2) is 7.00. The van der Waals surface area contributed by atoms with Crippen LogP contribution >= 0.6 is 0 Å². The number of halogens is 1. The number of carbonyl (C=O) groups excluding carboxylic acids is 1. The monoisotopic (exact) mass is 325 g/mol. The highest BCUT2D eigenvalue weighted by molar-refractivity contribution is 5.94. The van der Waals surface area contributed by atoms with Crippen LogP contribution in [0.1, 0.15) is 15.9 Å². The normalized spacial score (nSPS) is 10.4. The zero-order valence-electron chi connectivity index (χ0n) is 13.1. The molecule has 1 amide bonds. The number of methoxy groups -OCH3 is 1. The van der Waals surface area contributed by atoms with E-state index in [9.17, 15) is 9.18 Å². The smallest absolute Gasteiger partial charge is 0.251 e. The van der Waals surface area contributed by atoms with Crippen LogP contribution in [-0.4, -0.2) is 13.0 Å². The van der Waals surface area contributed by atoms with Gasteiger partial charge in [0.05, 0.1) is 19.6 Å². The molecule has 0 fully saturated rings. The van der Waals surface area contributed by atoms with Crippen molar-refractivity contribution in [3.63, 3.8) is 0 Å². The van der Waals surface area contributed by atoms with Crippen molar-refractivity contribution in [3.8, 4) is 16.9 Å². The highest BCUT2D eigenvalue weighted by Crippen LogP contribution is 2.20. The first kappa shape index (κ1) is 15.8. The average Bonchev–Trinajstić information content (AvgIpc) is 3.14. The van der Waals surface area contributed by atoms with Crippen molar-refractivity contribution < 1.29 is 18.3 Å². The van der Waals surface area contributed by atoms with Crippen molar-refractivity contribution in [2.75, 3.05) is 7.11 Å². The van der Waals surface area contributed by atoms with Crippen molar-refractivity contribution >= 4 is 5.91 Å². The molecule has 4 nitrogen and oxygen atoms in total. The van der Waals surface area contributed by atoms with Gasteiger partial charge < -0.3 is 14.5 Å². The average molecular weight is 325 g/mol. The lowest BCUT2D eigenvalue weighted by molar-refractivity contribution is 0.0950. The summed E-state index contributed by atoms with van der Waals surface area (Å²) in [5.41, 5.74) is 3.24. The number of hydrogen-bond donors (Lipinski definition) is 1. The van der Waals surface area contributed by atoms with E-state index in [1.54, 1.807) is 12.5 Å². The molecule has 3 rings (SSSR count). The van der Waals surface area contributed by atoms with Gasteiger partial charge in [-0.2, -0.15) is 0 Å². The van der Waals surface area contributed by atoms with Gasteiger partial charge in [-0.3, -0.25) is 4.79 Å². The summed E-state index contributed by atoms with van der Waals surface area (Å²) in [6, 6.07) is 13.8. The summed E-state index contributed by atoms with van der Waals surface area (Å²) in [5, 5.41) is 2.77. The summed E-state index contributed by atoms with van der Waals surface area (Å²) in [6.45, 7) is 0.359. The highest BCUT2D eigenvalue weighted by atomic mass is 19.1. The second-order valence-corrected chi connectivity index (χ2v) is 5.24. The molecular formula is C19H16FNO3. The summed E-state index contributed by atoms with van der Waals surface area (Å²) in [7, 11) is 1.38. The zero-order chi connectivity index (χ0) is 16.9. The van der Waals surface area contributed by atoms with E-state index < -0.39 is 5.82 Å². The van der Waals surface area contributed by atoms with Crippen LogP contribution in [0.2, 0.25) is 0 Å². The summed E-state index contributed by atoms with van der Waals surface area (Å²) in [6.07, 6.45) is 3.30. The van der Waals surface area contributed by atoms with Gasteiger partial charge in [-0.1, -0.05) is 24.3 Å². The van der Waals surface area contributed by atoms with Crippen molar-refractivity contribution in [2.45, 2.75) is 6.54 Å².